The van der Waals surface area contributed by atoms with E-state index in [0.717, 1.165) is 12.8 Å². The zero-order valence-corrected chi connectivity index (χ0v) is 22.1. The minimum atomic E-state index is -3.01. The summed E-state index contributed by atoms with van der Waals surface area (Å²) in [5.41, 5.74) is 0. The molecule has 0 N–H and O–H groups in total. The summed E-state index contributed by atoms with van der Waals surface area (Å²) < 4.78 is 70.0. The molecule has 190 valence electrons. The summed E-state index contributed by atoms with van der Waals surface area (Å²) in [6.07, 6.45) is 1.27. The van der Waals surface area contributed by atoms with Crippen molar-refractivity contribution in [2.24, 2.45) is 5.92 Å². The molecule has 0 aromatic rings. The van der Waals surface area contributed by atoms with Gasteiger partial charge in [0.15, 0.2) is 0 Å². The normalized spacial score (nSPS) is 41.8. The first-order valence-corrected chi connectivity index (χ1v) is 15.1. The Morgan fingerprint density at radius 1 is 1.24 bits per heavy atom. The standard InChI is InChI=1S/C23H42N2O6P2/c1-17(2)25(18(3)4)32(29-14-11-24-6)30-22-10-13-28-23(22)20-8-7-15-33(26,16-20)31-21-9-12-27-19(21)5/h17-23H,7-16H2,1-5H3/t19-,20+,21+,22+,23-,32?,33-/m1/s1/i5D,12T,13T/t12-,13-,19-,20+,21+,22+,23-,32?,33-. The topological polar surface area (TPSA) is 70.8 Å². The summed E-state index contributed by atoms with van der Waals surface area (Å²) in [5, 5.41) is 0. The molecule has 0 bridgehead atoms. The monoisotopic (exact) mass is 509 g/mol. The van der Waals surface area contributed by atoms with Gasteiger partial charge in [0.1, 0.15) is 6.61 Å². The zero-order valence-electron chi connectivity index (χ0n) is 23.3. The van der Waals surface area contributed by atoms with Crippen LogP contribution < -0.4 is 0 Å². The van der Waals surface area contributed by atoms with Crippen molar-refractivity contribution in [2.75, 3.05) is 38.6 Å². The van der Waals surface area contributed by atoms with Crippen molar-refractivity contribution in [1.29, 1.82) is 0 Å². The van der Waals surface area contributed by atoms with E-state index in [1.54, 1.807) is 0 Å². The van der Waals surface area contributed by atoms with E-state index >= 15 is 0 Å². The van der Waals surface area contributed by atoms with E-state index < -0.39 is 47.4 Å². The highest BCUT2D eigenvalue weighted by molar-refractivity contribution is 7.59. The maximum Gasteiger partial charge on any atom is 0.259 e. The second-order valence-corrected chi connectivity index (χ2v) is 13.6. The molecular formula is C23H42N2O6P2. The van der Waals surface area contributed by atoms with Crippen molar-refractivity contribution in [1.82, 2.24) is 4.67 Å². The van der Waals surface area contributed by atoms with Crippen molar-refractivity contribution in [3.63, 3.8) is 0 Å². The average Bonchev–Trinajstić information content (AvgIpc) is 3.33. The highest BCUT2D eigenvalue weighted by Gasteiger charge is 2.45. The number of hydrogen-bond acceptors (Lipinski definition) is 7. The molecule has 9 atom stereocenters. The van der Waals surface area contributed by atoms with Gasteiger partial charge in [-0.3, -0.25) is 4.57 Å². The van der Waals surface area contributed by atoms with Crippen molar-refractivity contribution in [3.05, 3.63) is 11.4 Å². The highest BCUT2D eigenvalue weighted by atomic mass is 31.2. The lowest BCUT2D eigenvalue weighted by Crippen LogP contribution is -2.39. The van der Waals surface area contributed by atoms with Gasteiger partial charge < -0.3 is 27.9 Å². The molecule has 3 rings (SSSR count). The van der Waals surface area contributed by atoms with E-state index in [-0.39, 0.29) is 44.2 Å². The largest absolute Gasteiger partial charge is 0.376 e. The van der Waals surface area contributed by atoms with Gasteiger partial charge in [0.25, 0.3) is 8.53 Å². The lowest BCUT2D eigenvalue weighted by atomic mass is 9.95. The lowest BCUT2D eigenvalue weighted by molar-refractivity contribution is 0.00525. The maximum atomic E-state index is 13.8. The van der Waals surface area contributed by atoms with Crippen LogP contribution >= 0.6 is 15.9 Å². The molecule has 8 nitrogen and oxygen atoms in total. The van der Waals surface area contributed by atoms with Crippen LogP contribution in [0.4, 0.5) is 0 Å². The van der Waals surface area contributed by atoms with Crippen LogP contribution in [-0.2, 0) is 27.6 Å². The van der Waals surface area contributed by atoms with Crippen LogP contribution in [0.15, 0.2) is 0 Å². The van der Waals surface area contributed by atoms with E-state index in [9.17, 15) is 4.57 Å². The Morgan fingerprint density at radius 3 is 2.67 bits per heavy atom. The van der Waals surface area contributed by atoms with Gasteiger partial charge in [0.2, 0.25) is 13.9 Å². The first-order chi connectivity index (χ1) is 17.1. The summed E-state index contributed by atoms with van der Waals surface area (Å²) in [6.45, 7) is 14.4. The fraction of sp³-hybridized carbons (Fsp3) is 0.957. The molecule has 0 amide bonds. The van der Waals surface area contributed by atoms with E-state index in [2.05, 4.69) is 37.2 Å². The van der Waals surface area contributed by atoms with E-state index in [1.165, 1.54) is 0 Å². The van der Waals surface area contributed by atoms with Crippen LogP contribution in [0, 0.1) is 12.5 Å². The van der Waals surface area contributed by atoms with Gasteiger partial charge in [-0.2, -0.15) is 0 Å². The van der Waals surface area contributed by atoms with Gasteiger partial charge in [-0.25, -0.2) is 11.2 Å². The predicted molar refractivity (Wildman–Crippen MR) is 131 cm³/mol. The van der Waals surface area contributed by atoms with Gasteiger partial charge in [-0.05, 0) is 66.2 Å². The molecule has 0 aliphatic carbocycles. The van der Waals surface area contributed by atoms with Crippen LogP contribution in [0.25, 0.3) is 4.85 Å². The third-order valence-electron chi connectivity index (χ3n) is 6.22. The SMILES string of the molecule is [2H]C[C@H]1O[C@H]([3H])C[C@@H]1O[P@]1(=O)CCC[C@H]([C@H]2O[C@H]([3H])C[C@@H]2OP(OCC[N+]#[C-])N(C(C)C)C(C)C)C1. The van der Waals surface area contributed by atoms with Crippen molar-refractivity contribution < 1.29 is 31.7 Å². The third kappa shape index (κ3) is 7.45. The number of hydrogen-bond donors (Lipinski definition) is 0. The summed E-state index contributed by atoms with van der Waals surface area (Å²) >= 11 is 0. The fourth-order valence-electron chi connectivity index (χ4n) is 4.78. The number of nitrogens with zero attached hydrogens (tertiary/aromatic N) is 2. The van der Waals surface area contributed by atoms with Crippen LogP contribution in [0.1, 0.15) is 64.4 Å². The summed E-state index contributed by atoms with van der Waals surface area (Å²) in [6, 6.07) is 0.332. The molecule has 0 radical (unpaired) electrons. The van der Waals surface area contributed by atoms with E-state index in [4.69, 9.17) is 33.7 Å². The van der Waals surface area contributed by atoms with Gasteiger partial charge in [0, 0.05) is 38.9 Å². The summed E-state index contributed by atoms with van der Waals surface area (Å²) in [5.74, 6) is -0.0832. The molecule has 0 saturated carbocycles. The van der Waals surface area contributed by atoms with E-state index in [0.29, 0.717) is 25.2 Å². The molecule has 0 aromatic carbocycles. The Bertz CT molecular complexity index is 783. The Morgan fingerprint density at radius 2 is 1.97 bits per heavy atom. The van der Waals surface area contributed by atoms with Crippen LogP contribution in [0.3, 0.4) is 0 Å². The summed E-state index contributed by atoms with van der Waals surface area (Å²) in [4.78, 5) is 3.39. The highest BCUT2D eigenvalue weighted by Crippen LogP contribution is 2.57. The zero-order chi connectivity index (χ0) is 26.5. The predicted octanol–water partition coefficient (Wildman–Crippen LogP) is 5.32. The quantitative estimate of drug-likeness (QED) is 0.212. The molecule has 3 heterocycles. The van der Waals surface area contributed by atoms with Crippen LogP contribution in [0.5, 0.6) is 0 Å². The van der Waals surface area contributed by atoms with E-state index in [1.807, 2.05) is 0 Å². The molecule has 33 heavy (non-hydrogen) atoms. The molecule has 3 aliphatic heterocycles. The summed E-state index contributed by atoms with van der Waals surface area (Å²) in [7, 11) is -4.49. The third-order valence-corrected chi connectivity index (χ3v) is 11.1. The van der Waals surface area contributed by atoms with Crippen molar-refractivity contribution in [3.8, 4) is 0 Å². The van der Waals surface area contributed by atoms with Gasteiger partial charge in [0.05, 0.1) is 27.2 Å². The average molecular weight is 510 g/mol. The fourth-order valence-corrected chi connectivity index (χ4v) is 9.37. The molecule has 0 aromatic heterocycles. The second-order valence-electron chi connectivity index (χ2n) is 9.51. The Balaban J connectivity index is 1.72. The van der Waals surface area contributed by atoms with Crippen LogP contribution in [0.2, 0.25) is 0 Å². The Kier molecular flexibility index (Phi) is 9.01. The second kappa shape index (κ2) is 12.7. The molecule has 10 heteroatoms. The van der Waals surface area contributed by atoms with Gasteiger partial charge in [-0.15, -0.1) is 0 Å². The van der Waals surface area contributed by atoms with Gasteiger partial charge >= 0.3 is 0 Å². The molecule has 3 aliphatic rings. The molecule has 3 saturated heterocycles. The van der Waals surface area contributed by atoms with Crippen molar-refractivity contribution in [2.45, 2.75) is 96.8 Å². The minimum Gasteiger partial charge on any atom is -0.376 e. The van der Waals surface area contributed by atoms with Crippen LogP contribution in [-0.4, -0.2) is 79.8 Å². The Hall–Kier alpha value is -0.0900. The van der Waals surface area contributed by atoms with Gasteiger partial charge in [-0.1, -0.05) is 0 Å². The number of rotatable bonds is 11. The first-order valence-electron chi connectivity index (χ1n) is 13.9. The first kappa shape index (κ1) is 23.3. The molecule has 0 spiro atoms. The minimum absolute atomic E-state index is 0.0229. The maximum absolute atomic E-state index is 13.8. The molecule has 1 unspecified atom stereocenters. The lowest BCUT2D eigenvalue weighted by Gasteiger charge is -2.39. The smallest absolute Gasteiger partial charge is 0.259 e. The molecular weight excluding hydrogens is 462 g/mol. The number of ether oxygens (including phenoxy) is 2. The molecule has 3 fully saturated rings. The van der Waals surface area contributed by atoms with Crippen molar-refractivity contribution >= 4 is 15.9 Å². The Labute approximate surface area is 205 Å².